The van der Waals surface area contributed by atoms with Gasteiger partial charge < -0.3 is 19.3 Å². The van der Waals surface area contributed by atoms with E-state index in [4.69, 9.17) is 4.42 Å². The topological polar surface area (TPSA) is 95.6 Å². The number of carbonyl (C=O) groups excluding carboxylic acids is 1. The fraction of sp³-hybridized carbons (Fsp3) is 0.500. The van der Waals surface area contributed by atoms with E-state index in [9.17, 15) is 9.90 Å². The summed E-state index contributed by atoms with van der Waals surface area (Å²) in [7, 11) is 1.65. The Morgan fingerprint density at radius 1 is 1.42 bits per heavy atom. The second kappa shape index (κ2) is 6.20. The van der Waals surface area contributed by atoms with E-state index in [-0.39, 0.29) is 18.2 Å². The zero-order valence-corrected chi connectivity index (χ0v) is 14.1. The number of β-amino-alcohol motifs (C(OH)–C–C–N with tert-alkyl or cyclic N) is 1. The van der Waals surface area contributed by atoms with Crippen LogP contribution in [-0.2, 0) is 0 Å². The lowest BCUT2D eigenvalue weighted by molar-refractivity contribution is 0.0251. The minimum atomic E-state index is -0.989. The third kappa shape index (κ3) is 3.23. The van der Waals surface area contributed by atoms with Crippen molar-refractivity contribution in [3.05, 3.63) is 35.9 Å². The van der Waals surface area contributed by atoms with Gasteiger partial charge >= 0.3 is 0 Å². The van der Waals surface area contributed by atoms with Gasteiger partial charge in [0.25, 0.3) is 5.91 Å². The zero-order chi connectivity index (χ0) is 17.3. The molecule has 1 atom stereocenters. The van der Waals surface area contributed by atoms with Crippen LogP contribution in [0.2, 0.25) is 0 Å². The van der Waals surface area contributed by atoms with Gasteiger partial charge in [0.2, 0.25) is 5.76 Å². The quantitative estimate of drug-likeness (QED) is 0.885. The maximum Gasteiger partial charge on any atom is 0.291 e. The number of anilines is 1. The van der Waals surface area contributed by atoms with Crippen LogP contribution in [0.4, 0.5) is 5.82 Å². The van der Waals surface area contributed by atoms with E-state index in [1.165, 1.54) is 17.6 Å². The summed E-state index contributed by atoms with van der Waals surface area (Å²) in [6.45, 7) is 4.92. The minimum absolute atomic E-state index is 0.211. The number of amides is 1. The second-order valence-electron chi connectivity index (χ2n) is 6.34. The maximum atomic E-state index is 12.4. The molecule has 0 aliphatic carbocycles. The van der Waals surface area contributed by atoms with Crippen molar-refractivity contribution in [1.29, 1.82) is 0 Å². The number of oxazole rings is 1. The average molecular weight is 331 g/mol. The fourth-order valence-electron chi connectivity index (χ4n) is 2.99. The van der Waals surface area contributed by atoms with E-state index in [1.807, 2.05) is 17.9 Å². The molecule has 0 spiro atoms. The highest BCUT2D eigenvalue weighted by Gasteiger charge is 2.39. The molecule has 0 saturated carbocycles. The number of hydrogen-bond acceptors (Lipinski definition) is 7. The summed E-state index contributed by atoms with van der Waals surface area (Å²) >= 11 is 0. The smallest absolute Gasteiger partial charge is 0.291 e. The summed E-state index contributed by atoms with van der Waals surface area (Å²) in [6, 6.07) is 1.89. The van der Waals surface area contributed by atoms with E-state index in [0.29, 0.717) is 25.2 Å². The Kier molecular flexibility index (Phi) is 4.23. The molecule has 1 aliphatic heterocycles. The number of rotatable bonds is 4. The molecular formula is C16H21N5O3. The van der Waals surface area contributed by atoms with E-state index in [1.54, 1.807) is 14.0 Å². The number of aromatic nitrogens is 3. The molecule has 3 rings (SSSR count). The van der Waals surface area contributed by atoms with Crippen molar-refractivity contribution in [2.75, 3.05) is 31.6 Å². The van der Waals surface area contributed by atoms with Gasteiger partial charge in [0.05, 0.1) is 12.2 Å². The Morgan fingerprint density at radius 3 is 2.88 bits per heavy atom. The predicted octanol–water partition coefficient (Wildman–Crippen LogP) is 0.795. The van der Waals surface area contributed by atoms with Crippen molar-refractivity contribution in [1.82, 2.24) is 19.9 Å². The molecule has 24 heavy (non-hydrogen) atoms. The van der Waals surface area contributed by atoms with Crippen LogP contribution in [0.1, 0.15) is 28.4 Å². The third-order valence-corrected chi connectivity index (χ3v) is 4.26. The first-order valence-electron chi connectivity index (χ1n) is 7.79. The number of likely N-dealkylation sites (N-methyl/N-ethyl adjacent to an activating group) is 1. The first-order valence-corrected chi connectivity index (χ1v) is 7.79. The molecule has 0 radical (unpaired) electrons. The molecule has 1 unspecified atom stereocenters. The molecule has 2 aromatic heterocycles. The van der Waals surface area contributed by atoms with Gasteiger partial charge in [0, 0.05) is 31.9 Å². The van der Waals surface area contributed by atoms with Crippen LogP contribution in [-0.4, -0.2) is 63.1 Å². The highest BCUT2D eigenvalue weighted by atomic mass is 16.4. The van der Waals surface area contributed by atoms with Gasteiger partial charge in [-0.2, -0.15) is 0 Å². The zero-order valence-electron chi connectivity index (χ0n) is 14.1. The predicted molar refractivity (Wildman–Crippen MR) is 86.7 cm³/mol. The molecule has 128 valence electrons. The van der Waals surface area contributed by atoms with Crippen molar-refractivity contribution < 1.29 is 14.3 Å². The van der Waals surface area contributed by atoms with Gasteiger partial charge in [-0.05, 0) is 20.3 Å². The van der Waals surface area contributed by atoms with Crippen molar-refractivity contribution in [2.24, 2.45) is 0 Å². The average Bonchev–Trinajstić information content (AvgIpc) is 3.13. The highest BCUT2D eigenvalue weighted by molar-refractivity contribution is 5.92. The Bertz CT molecular complexity index is 747. The van der Waals surface area contributed by atoms with E-state index in [0.717, 1.165) is 11.5 Å². The Morgan fingerprint density at radius 2 is 2.21 bits per heavy atom. The SMILES string of the molecule is Cc1cc(N2CCC(O)(CN(C)C(=O)c3ocnc3C)C2)ncn1. The van der Waals surface area contributed by atoms with E-state index in [2.05, 4.69) is 15.0 Å². The van der Waals surface area contributed by atoms with Crippen LogP contribution >= 0.6 is 0 Å². The number of aliphatic hydroxyl groups is 1. The molecule has 1 N–H and O–H groups in total. The lowest BCUT2D eigenvalue weighted by atomic mass is 10.0. The van der Waals surface area contributed by atoms with Gasteiger partial charge in [-0.25, -0.2) is 15.0 Å². The lowest BCUT2D eigenvalue weighted by Crippen LogP contribution is -2.46. The largest absolute Gasteiger partial charge is 0.438 e. The van der Waals surface area contributed by atoms with Crippen molar-refractivity contribution in [2.45, 2.75) is 25.9 Å². The van der Waals surface area contributed by atoms with Gasteiger partial charge in [-0.15, -0.1) is 0 Å². The molecule has 0 aromatic carbocycles. The highest BCUT2D eigenvalue weighted by Crippen LogP contribution is 2.26. The number of carbonyl (C=O) groups is 1. The monoisotopic (exact) mass is 331 g/mol. The summed E-state index contributed by atoms with van der Waals surface area (Å²) in [6.07, 6.45) is 3.33. The normalized spacial score (nSPS) is 20.4. The Labute approximate surface area is 140 Å². The summed E-state index contributed by atoms with van der Waals surface area (Å²) in [5, 5.41) is 10.9. The minimum Gasteiger partial charge on any atom is -0.438 e. The van der Waals surface area contributed by atoms with E-state index >= 15 is 0 Å². The number of aryl methyl sites for hydroxylation is 2. The van der Waals surface area contributed by atoms with Crippen molar-refractivity contribution in [3.63, 3.8) is 0 Å². The standard InChI is InChI=1S/C16H21N5O3/c1-11-6-13(18-9-17-11)21-5-4-16(23,8-21)7-20(3)15(22)14-12(2)19-10-24-14/h6,9-10,23H,4-5,7-8H2,1-3H3. The summed E-state index contributed by atoms with van der Waals surface area (Å²) in [5.41, 5.74) is 0.434. The molecule has 3 heterocycles. The third-order valence-electron chi connectivity index (χ3n) is 4.26. The molecule has 1 amide bonds. The first kappa shape index (κ1) is 16.4. The molecule has 8 heteroatoms. The summed E-state index contributed by atoms with van der Waals surface area (Å²) < 4.78 is 5.14. The maximum absolute atomic E-state index is 12.4. The molecule has 8 nitrogen and oxygen atoms in total. The van der Waals surface area contributed by atoms with Gasteiger partial charge in [0.15, 0.2) is 6.39 Å². The summed E-state index contributed by atoms with van der Waals surface area (Å²) in [4.78, 5) is 28.2. The second-order valence-corrected chi connectivity index (χ2v) is 6.34. The van der Waals surface area contributed by atoms with Crippen molar-refractivity contribution >= 4 is 11.7 Å². The molecule has 1 aliphatic rings. The fourth-order valence-corrected chi connectivity index (χ4v) is 2.99. The van der Waals surface area contributed by atoms with Crippen LogP contribution in [0.25, 0.3) is 0 Å². The molecule has 1 saturated heterocycles. The molecule has 2 aromatic rings. The van der Waals surface area contributed by atoms with Crippen LogP contribution in [0.15, 0.2) is 23.2 Å². The van der Waals surface area contributed by atoms with Gasteiger partial charge in [0.1, 0.15) is 17.7 Å². The van der Waals surface area contributed by atoms with Crippen LogP contribution in [0.3, 0.4) is 0 Å². The molecule has 0 bridgehead atoms. The van der Waals surface area contributed by atoms with Crippen LogP contribution in [0, 0.1) is 13.8 Å². The number of hydrogen-bond donors (Lipinski definition) is 1. The number of nitrogens with zero attached hydrogens (tertiary/aromatic N) is 5. The Hall–Kier alpha value is -2.48. The first-order chi connectivity index (χ1) is 11.4. The van der Waals surface area contributed by atoms with Crippen LogP contribution < -0.4 is 4.90 Å². The van der Waals surface area contributed by atoms with Gasteiger partial charge in [-0.3, -0.25) is 4.79 Å². The lowest BCUT2D eigenvalue weighted by Gasteiger charge is -2.28. The van der Waals surface area contributed by atoms with Gasteiger partial charge in [-0.1, -0.05) is 0 Å². The Balaban J connectivity index is 1.67. The molecule has 1 fully saturated rings. The van der Waals surface area contributed by atoms with Crippen molar-refractivity contribution in [3.8, 4) is 0 Å². The van der Waals surface area contributed by atoms with Crippen LogP contribution in [0.5, 0.6) is 0 Å². The van der Waals surface area contributed by atoms with E-state index < -0.39 is 5.60 Å². The summed E-state index contributed by atoms with van der Waals surface area (Å²) in [5.74, 6) is 0.718. The molecular weight excluding hydrogens is 310 g/mol.